The zero-order chi connectivity index (χ0) is 12.9. The highest BCUT2D eigenvalue weighted by Crippen LogP contribution is 2.14. The Labute approximate surface area is 105 Å². The molecule has 7 heteroatoms. The Balaban J connectivity index is 2.63. The average molecular weight is 277 g/mol. The smallest absolute Gasteiger partial charge is 0.233 e. The van der Waals surface area contributed by atoms with E-state index in [1.807, 2.05) is 0 Å². The molecular formula is C10H13ClN2O3S. The van der Waals surface area contributed by atoms with Gasteiger partial charge in [0.15, 0.2) is 9.84 Å². The molecule has 0 fully saturated rings. The molecule has 1 aromatic carbocycles. The summed E-state index contributed by atoms with van der Waals surface area (Å²) in [4.78, 5) is 11.0. The fraction of sp³-hybridized carbons (Fsp3) is 0.300. The highest BCUT2D eigenvalue weighted by Gasteiger charge is 2.14. The van der Waals surface area contributed by atoms with E-state index in [1.54, 1.807) is 0 Å². The lowest BCUT2D eigenvalue weighted by molar-refractivity contribution is -0.119. The summed E-state index contributed by atoms with van der Waals surface area (Å²) in [6.07, 6.45) is 0. The molecule has 0 saturated heterocycles. The lowest BCUT2D eigenvalue weighted by atomic mass is 10.4. The molecule has 0 spiro atoms. The van der Waals surface area contributed by atoms with E-state index in [1.165, 1.54) is 24.3 Å². The number of carbonyl (C=O) groups is 1. The van der Waals surface area contributed by atoms with Gasteiger partial charge in [-0.3, -0.25) is 4.79 Å². The second-order valence-corrected chi connectivity index (χ2v) is 5.87. The maximum Gasteiger partial charge on any atom is 0.233 e. The van der Waals surface area contributed by atoms with Crippen molar-refractivity contribution in [2.24, 2.45) is 5.73 Å². The summed E-state index contributed by atoms with van der Waals surface area (Å²) in [5, 5.41) is 2.87. The van der Waals surface area contributed by atoms with Gasteiger partial charge in [0.05, 0.1) is 17.2 Å². The number of sulfone groups is 1. The van der Waals surface area contributed by atoms with Gasteiger partial charge >= 0.3 is 0 Å². The summed E-state index contributed by atoms with van der Waals surface area (Å²) in [6, 6.07) is 5.88. The third-order valence-electron chi connectivity index (χ3n) is 2.05. The first-order valence-corrected chi connectivity index (χ1v) is 6.94. The minimum Gasteiger partial charge on any atom is -0.354 e. The third-order valence-corrected chi connectivity index (χ3v) is 4.04. The van der Waals surface area contributed by atoms with Crippen LogP contribution in [0.3, 0.4) is 0 Å². The normalized spacial score (nSPS) is 11.2. The van der Waals surface area contributed by atoms with Crippen molar-refractivity contribution in [1.29, 1.82) is 0 Å². The number of rotatable bonds is 5. The highest BCUT2D eigenvalue weighted by atomic mass is 35.5. The average Bonchev–Trinajstić information content (AvgIpc) is 2.29. The summed E-state index contributed by atoms with van der Waals surface area (Å²) >= 11 is 5.66. The number of amides is 1. The molecule has 1 rings (SSSR count). The fourth-order valence-corrected chi connectivity index (χ4v) is 2.44. The van der Waals surface area contributed by atoms with E-state index in [0.717, 1.165) is 0 Å². The Morgan fingerprint density at radius 3 is 2.41 bits per heavy atom. The minimum atomic E-state index is -3.40. The maximum atomic E-state index is 11.8. The third kappa shape index (κ3) is 4.33. The van der Waals surface area contributed by atoms with Crippen LogP contribution in [-0.4, -0.2) is 33.2 Å². The van der Waals surface area contributed by atoms with E-state index in [9.17, 15) is 13.2 Å². The first kappa shape index (κ1) is 14.0. The van der Waals surface area contributed by atoms with Crippen LogP contribution in [0.25, 0.3) is 0 Å². The van der Waals surface area contributed by atoms with Crippen LogP contribution < -0.4 is 11.1 Å². The molecule has 0 aliphatic rings. The Morgan fingerprint density at radius 1 is 1.29 bits per heavy atom. The monoisotopic (exact) mass is 276 g/mol. The van der Waals surface area contributed by atoms with Crippen molar-refractivity contribution < 1.29 is 13.2 Å². The second kappa shape index (κ2) is 6.00. The first-order valence-electron chi connectivity index (χ1n) is 4.91. The molecule has 1 amide bonds. The highest BCUT2D eigenvalue weighted by molar-refractivity contribution is 7.91. The predicted octanol–water partition coefficient (Wildman–Crippen LogP) is 0.189. The molecule has 0 aliphatic carbocycles. The predicted molar refractivity (Wildman–Crippen MR) is 65.6 cm³/mol. The van der Waals surface area contributed by atoms with Crippen LogP contribution in [0.2, 0.25) is 5.02 Å². The van der Waals surface area contributed by atoms with Crippen molar-refractivity contribution in [1.82, 2.24) is 5.32 Å². The van der Waals surface area contributed by atoms with E-state index in [0.29, 0.717) is 5.02 Å². The lowest BCUT2D eigenvalue weighted by Crippen LogP contribution is -2.33. The van der Waals surface area contributed by atoms with Crippen LogP contribution in [0.1, 0.15) is 0 Å². The Morgan fingerprint density at radius 2 is 1.88 bits per heavy atom. The van der Waals surface area contributed by atoms with Crippen molar-refractivity contribution in [3.05, 3.63) is 29.3 Å². The second-order valence-electron chi connectivity index (χ2n) is 3.33. The molecule has 0 unspecified atom stereocenters. The summed E-state index contributed by atoms with van der Waals surface area (Å²) in [6.45, 7) is -0.109. The molecule has 0 aliphatic heterocycles. The zero-order valence-corrected chi connectivity index (χ0v) is 10.6. The molecule has 1 aromatic rings. The zero-order valence-electron chi connectivity index (χ0n) is 9.02. The van der Waals surface area contributed by atoms with E-state index < -0.39 is 9.84 Å². The molecule has 94 valence electrons. The molecule has 0 heterocycles. The van der Waals surface area contributed by atoms with E-state index in [2.05, 4.69) is 5.32 Å². The maximum absolute atomic E-state index is 11.8. The fourth-order valence-electron chi connectivity index (χ4n) is 1.16. The number of hydrogen-bond acceptors (Lipinski definition) is 4. The van der Waals surface area contributed by atoms with Crippen LogP contribution >= 0.6 is 11.6 Å². The van der Waals surface area contributed by atoms with Crippen molar-refractivity contribution in [2.75, 3.05) is 18.8 Å². The van der Waals surface area contributed by atoms with Gasteiger partial charge in [-0.25, -0.2) is 8.42 Å². The number of hydrogen-bond donors (Lipinski definition) is 2. The summed E-state index contributed by atoms with van der Waals surface area (Å²) < 4.78 is 23.6. The summed E-state index contributed by atoms with van der Waals surface area (Å²) in [5.41, 5.74) is 5.07. The summed E-state index contributed by atoms with van der Waals surface area (Å²) in [7, 11) is -3.40. The van der Waals surface area contributed by atoms with Crippen LogP contribution in [0.15, 0.2) is 29.2 Å². The van der Waals surface area contributed by atoms with Crippen molar-refractivity contribution in [3.63, 3.8) is 0 Å². The molecule has 5 nitrogen and oxygen atoms in total. The molecule has 0 atom stereocenters. The van der Waals surface area contributed by atoms with Crippen LogP contribution in [-0.2, 0) is 14.6 Å². The SMILES string of the molecule is NCC(=O)NCCS(=O)(=O)c1ccc(Cl)cc1. The number of nitrogens with one attached hydrogen (secondary N) is 1. The molecule has 0 aromatic heterocycles. The molecule has 17 heavy (non-hydrogen) atoms. The van der Waals surface area contributed by atoms with Gasteiger partial charge in [0, 0.05) is 11.6 Å². The van der Waals surface area contributed by atoms with Crippen LogP contribution in [0.5, 0.6) is 0 Å². The van der Waals surface area contributed by atoms with E-state index in [-0.39, 0.29) is 29.6 Å². The van der Waals surface area contributed by atoms with Crippen molar-refractivity contribution >= 4 is 27.3 Å². The van der Waals surface area contributed by atoms with Gasteiger partial charge in [0.2, 0.25) is 5.91 Å². The standard InChI is InChI=1S/C10H13ClN2O3S/c11-8-1-3-9(4-2-8)17(15,16)6-5-13-10(14)7-12/h1-4H,5-7,12H2,(H,13,14). The van der Waals surface area contributed by atoms with E-state index >= 15 is 0 Å². The number of carbonyl (C=O) groups excluding carboxylic acids is 1. The van der Waals surface area contributed by atoms with Crippen LogP contribution in [0.4, 0.5) is 0 Å². The largest absolute Gasteiger partial charge is 0.354 e. The van der Waals surface area contributed by atoms with Gasteiger partial charge in [-0.2, -0.15) is 0 Å². The first-order chi connectivity index (χ1) is 7.95. The van der Waals surface area contributed by atoms with E-state index in [4.69, 9.17) is 17.3 Å². The quantitative estimate of drug-likeness (QED) is 0.803. The number of nitrogens with two attached hydrogens (primary N) is 1. The lowest BCUT2D eigenvalue weighted by Gasteiger charge is -2.05. The van der Waals surface area contributed by atoms with Gasteiger partial charge in [-0.05, 0) is 24.3 Å². The topological polar surface area (TPSA) is 89.3 Å². The van der Waals surface area contributed by atoms with Crippen molar-refractivity contribution in [3.8, 4) is 0 Å². The Hall–Kier alpha value is -1.11. The summed E-state index contributed by atoms with van der Waals surface area (Å²) in [5.74, 6) is -0.545. The van der Waals surface area contributed by atoms with Crippen LogP contribution in [0, 0.1) is 0 Å². The molecular weight excluding hydrogens is 264 g/mol. The minimum absolute atomic E-state index is 0.0427. The van der Waals surface area contributed by atoms with Gasteiger partial charge in [-0.1, -0.05) is 11.6 Å². The molecule has 3 N–H and O–H groups in total. The molecule has 0 bridgehead atoms. The number of halogens is 1. The van der Waals surface area contributed by atoms with Gasteiger partial charge in [-0.15, -0.1) is 0 Å². The number of benzene rings is 1. The Bertz CT molecular complexity index is 485. The van der Waals surface area contributed by atoms with Gasteiger partial charge in [0.1, 0.15) is 0 Å². The van der Waals surface area contributed by atoms with Crippen molar-refractivity contribution in [2.45, 2.75) is 4.90 Å². The van der Waals surface area contributed by atoms with Gasteiger partial charge in [0.25, 0.3) is 0 Å². The Kier molecular flexibility index (Phi) is 4.92. The van der Waals surface area contributed by atoms with Gasteiger partial charge < -0.3 is 11.1 Å². The molecule has 0 radical (unpaired) electrons. The molecule has 0 saturated carbocycles.